The third kappa shape index (κ3) is 5.47. The fraction of sp³-hybridized carbons (Fsp3) is 0.586. The summed E-state index contributed by atoms with van der Waals surface area (Å²) in [6.45, 7) is -0.773. The number of carbonyl (C=O) groups is 2. The van der Waals surface area contributed by atoms with E-state index in [0.717, 1.165) is 30.2 Å². The molecule has 2 bridgehead atoms. The van der Waals surface area contributed by atoms with Gasteiger partial charge in [0.2, 0.25) is 5.91 Å². The molecule has 2 atom stereocenters. The number of aliphatic carboxylic acids is 1. The number of fused-ring (bicyclic) bond motifs is 3. The molecule has 2 unspecified atom stereocenters. The van der Waals surface area contributed by atoms with E-state index in [1.165, 1.54) is 0 Å². The maximum Gasteiger partial charge on any atom is 0.391 e. The summed E-state index contributed by atoms with van der Waals surface area (Å²) in [5, 5.41) is 10.9. The number of hydrogen-bond donors (Lipinski definition) is 1. The highest BCUT2D eigenvalue weighted by atomic mass is 19.4. The maximum atomic E-state index is 14.1. The van der Waals surface area contributed by atoms with E-state index in [1.54, 1.807) is 24.3 Å². The first-order valence-electron chi connectivity index (χ1n) is 13.5. The molecule has 0 radical (unpaired) electrons. The fourth-order valence-electron chi connectivity index (χ4n) is 6.73. The van der Waals surface area contributed by atoms with Crippen molar-refractivity contribution in [2.45, 2.75) is 95.2 Å². The van der Waals surface area contributed by atoms with Crippen molar-refractivity contribution in [2.75, 3.05) is 0 Å². The van der Waals surface area contributed by atoms with Crippen molar-refractivity contribution in [3.05, 3.63) is 41.5 Å². The Kier molecular flexibility index (Phi) is 7.56. The third-order valence-corrected chi connectivity index (χ3v) is 8.68. The average molecular weight is 536 g/mol. The van der Waals surface area contributed by atoms with Crippen LogP contribution in [0.1, 0.15) is 68.9 Å². The molecule has 1 N–H and O–H groups in total. The molecule has 1 amide bonds. The smallest absolute Gasteiger partial charge is 0.391 e. The second-order valence-electron chi connectivity index (χ2n) is 11.1. The molecule has 5 rings (SSSR count). The molecular weight excluding hydrogens is 502 g/mol. The normalized spacial score (nSPS) is 27.8. The molecule has 3 aliphatic rings. The molecule has 0 aromatic heterocycles. The molecule has 2 saturated heterocycles. The Morgan fingerprint density at radius 2 is 1.66 bits per heavy atom. The van der Waals surface area contributed by atoms with Crippen molar-refractivity contribution in [1.29, 1.82) is 0 Å². The second-order valence-corrected chi connectivity index (χ2v) is 11.1. The monoisotopic (exact) mass is 535 g/mol. The van der Waals surface area contributed by atoms with Gasteiger partial charge in [0.25, 0.3) is 0 Å². The number of alkyl halides is 4. The summed E-state index contributed by atoms with van der Waals surface area (Å²) in [7, 11) is 0. The predicted octanol–water partition coefficient (Wildman–Crippen LogP) is 6.60. The number of halogens is 4. The molecule has 1 saturated carbocycles. The number of carboxylic acid groups (broad SMARTS) is 1. The van der Waals surface area contributed by atoms with Gasteiger partial charge in [0.05, 0.1) is 24.4 Å². The summed E-state index contributed by atoms with van der Waals surface area (Å²) in [6.07, 6.45) is -0.155. The Balaban J connectivity index is 1.28. The SMILES string of the molecule is O=C(O)C1CC2CCCC(C1)N2C(=O)Cc1ccc2c(CF)c(O[C@H]3CC[C@@H](C(F)(F)F)CC3)ccc2c1. The van der Waals surface area contributed by atoms with E-state index in [0.29, 0.717) is 29.5 Å². The van der Waals surface area contributed by atoms with Gasteiger partial charge in [-0.1, -0.05) is 24.3 Å². The summed E-state index contributed by atoms with van der Waals surface area (Å²) in [4.78, 5) is 26.7. The minimum atomic E-state index is -4.19. The first-order valence-corrected chi connectivity index (χ1v) is 13.5. The summed E-state index contributed by atoms with van der Waals surface area (Å²) in [5.74, 6) is -2.14. The number of nitrogens with zero attached hydrogens (tertiary/aromatic N) is 1. The molecule has 0 spiro atoms. The maximum absolute atomic E-state index is 14.1. The molecule has 3 fully saturated rings. The highest BCUT2D eigenvalue weighted by molar-refractivity contribution is 5.89. The van der Waals surface area contributed by atoms with Crippen LogP contribution in [0.2, 0.25) is 0 Å². The molecule has 9 heteroatoms. The number of piperidine rings is 2. The van der Waals surface area contributed by atoms with Crippen LogP contribution in [0.4, 0.5) is 17.6 Å². The van der Waals surface area contributed by atoms with E-state index >= 15 is 0 Å². The van der Waals surface area contributed by atoms with Crippen molar-refractivity contribution in [1.82, 2.24) is 4.90 Å². The lowest BCUT2D eigenvalue weighted by atomic mass is 9.78. The first-order chi connectivity index (χ1) is 18.1. The summed E-state index contributed by atoms with van der Waals surface area (Å²) in [6, 6.07) is 8.83. The van der Waals surface area contributed by atoms with Gasteiger partial charge >= 0.3 is 12.1 Å². The number of carbonyl (C=O) groups excluding carboxylic acids is 1. The molecule has 5 nitrogen and oxygen atoms in total. The Morgan fingerprint density at radius 1 is 0.974 bits per heavy atom. The van der Waals surface area contributed by atoms with Crippen molar-refractivity contribution in [3.8, 4) is 5.75 Å². The van der Waals surface area contributed by atoms with Gasteiger partial charge in [0.1, 0.15) is 12.4 Å². The number of benzene rings is 2. The zero-order chi connectivity index (χ0) is 27.0. The van der Waals surface area contributed by atoms with Gasteiger partial charge < -0.3 is 14.7 Å². The van der Waals surface area contributed by atoms with Gasteiger partial charge in [-0.15, -0.1) is 0 Å². The lowest BCUT2D eigenvalue weighted by molar-refractivity contribution is -0.185. The molecule has 206 valence electrons. The van der Waals surface area contributed by atoms with Crippen molar-refractivity contribution in [2.24, 2.45) is 11.8 Å². The van der Waals surface area contributed by atoms with E-state index in [2.05, 4.69) is 0 Å². The lowest BCUT2D eigenvalue weighted by Gasteiger charge is -2.48. The van der Waals surface area contributed by atoms with Gasteiger partial charge in [-0.2, -0.15) is 13.2 Å². The zero-order valence-electron chi connectivity index (χ0n) is 21.2. The van der Waals surface area contributed by atoms with Crippen LogP contribution in [0.5, 0.6) is 5.75 Å². The van der Waals surface area contributed by atoms with Crippen LogP contribution in [-0.4, -0.2) is 46.2 Å². The van der Waals surface area contributed by atoms with E-state index < -0.39 is 30.7 Å². The van der Waals surface area contributed by atoms with Crippen LogP contribution >= 0.6 is 0 Å². The van der Waals surface area contributed by atoms with Crippen molar-refractivity contribution >= 4 is 22.6 Å². The number of rotatable bonds is 6. The van der Waals surface area contributed by atoms with Gasteiger partial charge in [-0.05, 0) is 80.2 Å². The van der Waals surface area contributed by atoms with E-state index in [9.17, 15) is 32.3 Å². The van der Waals surface area contributed by atoms with Crippen LogP contribution in [0.25, 0.3) is 10.8 Å². The molecule has 2 heterocycles. The quantitative estimate of drug-likeness (QED) is 0.424. The van der Waals surface area contributed by atoms with E-state index in [1.807, 2.05) is 11.0 Å². The fourth-order valence-corrected chi connectivity index (χ4v) is 6.73. The zero-order valence-corrected chi connectivity index (χ0v) is 21.2. The molecular formula is C29H33F4NO4. The highest BCUT2D eigenvalue weighted by Gasteiger charge is 2.43. The molecule has 2 aliphatic heterocycles. The van der Waals surface area contributed by atoms with Gasteiger partial charge in [-0.3, -0.25) is 9.59 Å². The predicted molar refractivity (Wildman–Crippen MR) is 134 cm³/mol. The van der Waals surface area contributed by atoms with E-state index in [-0.39, 0.29) is 56.2 Å². The average Bonchev–Trinajstić information content (AvgIpc) is 2.87. The largest absolute Gasteiger partial charge is 0.490 e. The second kappa shape index (κ2) is 10.7. The first kappa shape index (κ1) is 26.8. The topological polar surface area (TPSA) is 66.8 Å². The minimum Gasteiger partial charge on any atom is -0.490 e. The van der Waals surface area contributed by atoms with Crippen molar-refractivity contribution < 1.29 is 37.0 Å². The van der Waals surface area contributed by atoms with Crippen molar-refractivity contribution in [3.63, 3.8) is 0 Å². The summed E-state index contributed by atoms with van der Waals surface area (Å²) in [5.41, 5.74) is 1.16. The molecule has 2 aromatic carbocycles. The highest BCUT2D eigenvalue weighted by Crippen LogP contribution is 2.40. The lowest BCUT2D eigenvalue weighted by Crippen LogP contribution is -2.56. The number of carboxylic acids is 1. The molecule has 38 heavy (non-hydrogen) atoms. The molecule has 1 aliphatic carbocycles. The number of amides is 1. The molecule has 2 aromatic rings. The number of hydrogen-bond acceptors (Lipinski definition) is 3. The Hall–Kier alpha value is -2.84. The summed E-state index contributed by atoms with van der Waals surface area (Å²) >= 11 is 0. The van der Waals surface area contributed by atoms with Crippen LogP contribution < -0.4 is 4.74 Å². The van der Waals surface area contributed by atoms with E-state index in [4.69, 9.17) is 4.74 Å². The van der Waals surface area contributed by atoms with Crippen LogP contribution in [-0.2, 0) is 22.7 Å². The Morgan fingerprint density at radius 3 is 2.26 bits per heavy atom. The van der Waals surface area contributed by atoms with Gasteiger partial charge in [-0.25, -0.2) is 4.39 Å². The van der Waals surface area contributed by atoms with Gasteiger partial charge in [0, 0.05) is 17.6 Å². The van der Waals surface area contributed by atoms with Crippen LogP contribution in [0, 0.1) is 11.8 Å². The van der Waals surface area contributed by atoms with Crippen LogP contribution in [0.15, 0.2) is 30.3 Å². The van der Waals surface area contributed by atoms with Gasteiger partial charge in [0.15, 0.2) is 0 Å². The van der Waals surface area contributed by atoms with Crippen LogP contribution in [0.3, 0.4) is 0 Å². The standard InChI is InChI=1S/C29H33F4NO4/c30-16-25-24-10-4-17(13-27(35)34-21-2-1-3-22(34)15-19(14-21)28(36)37)12-18(24)5-11-26(25)38-23-8-6-20(7-9-23)29(31,32)33/h4-5,10-12,19-23H,1-3,6-9,13-16H2,(H,36,37)/t19?,20-,21?,22?,23+. The summed E-state index contributed by atoms with van der Waals surface area (Å²) < 4.78 is 59.0. The Labute approximate surface area is 219 Å². The number of ether oxygens (including phenoxy) is 1. The third-order valence-electron chi connectivity index (χ3n) is 8.68. The Bertz CT molecular complexity index is 1180. The minimum absolute atomic E-state index is 0.0111.